The molecular formula is C13H19N5S. The van der Waals surface area contributed by atoms with Crippen LogP contribution in [0.4, 0.5) is 11.6 Å². The van der Waals surface area contributed by atoms with Crippen molar-refractivity contribution in [2.24, 2.45) is 0 Å². The van der Waals surface area contributed by atoms with Crippen molar-refractivity contribution < 1.29 is 0 Å². The monoisotopic (exact) mass is 277 g/mol. The van der Waals surface area contributed by atoms with Crippen LogP contribution in [-0.2, 0) is 0 Å². The Morgan fingerprint density at radius 3 is 3.21 bits per heavy atom. The lowest BCUT2D eigenvalue weighted by Gasteiger charge is -2.21. The number of hydrogen-bond acceptors (Lipinski definition) is 5. The average molecular weight is 277 g/mol. The van der Waals surface area contributed by atoms with E-state index in [0.29, 0.717) is 5.25 Å². The van der Waals surface area contributed by atoms with Crippen LogP contribution in [0.1, 0.15) is 19.3 Å². The third-order valence-corrected chi connectivity index (χ3v) is 4.80. The Labute approximate surface area is 117 Å². The van der Waals surface area contributed by atoms with E-state index >= 15 is 0 Å². The quantitative estimate of drug-likeness (QED) is 0.899. The Kier molecular flexibility index (Phi) is 3.77. The van der Waals surface area contributed by atoms with Crippen LogP contribution in [0.25, 0.3) is 5.65 Å². The van der Waals surface area contributed by atoms with E-state index in [0.717, 1.165) is 23.8 Å². The van der Waals surface area contributed by atoms with Crippen LogP contribution in [-0.4, -0.2) is 39.0 Å². The summed E-state index contributed by atoms with van der Waals surface area (Å²) in [5.74, 6) is 3.00. The Bertz CT molecular complexity index is 547. The summed E-state index contributed by atoms with van der Waals surface area (Å²) in [4.78, 5) is 8.92. The summed E-state index contributed by atoms with van der Waals surface area (Å²) < 4.78 is 2.00. The predicted molar refractivity (Wildman–Crippen MR) is 81.1 cm³/mol. The number of fused-ring (bicyclic) bond motifs is 1. The van der Waals surface area contributed by atoms with E-state index in [1.54, 1.807) is 6.20 Å². The van der Waals surface area contributed by atoms with Crippen molar-refractivity contribution in [3.63, 3.8) is 0 Å². The number of nitrogens with one attached hydrogen (secondary N) is 2. The summed E-state index contributed by atoms with van der Waals surface area (Å²) in [6, 6.07) is 0. The van der Waals surface area contributed by atoms with E-state index < -0.39 is 0 Å². The van der Waals surface area contributed by atoms with Crippen molar-refractivity contribution in [3.8, 4) is 0 Å². The molecule has 0 amide bonds. The zero-order valence-electron chi connectivity index (χ0n) is 11.1. The number of imidazole rings is 1. The molecule has 0 aromatic carbocycles. The van der Waals surface area contributed by atoms with Gasteiger partial charge in [-0.15, -0.1) is 0 Å². The van der Waals surface area contributed by atoms with Gasteiger partial charge in [-0.1, -0.05) is 6.42 Å². The number of hydrogen-bond donors (Lipinski definition) is 2. The summed E-state index contributed by atoms with van der Waals surface area (Å²) in [5.41, 5.74) is 0.889. The fourth-order valence-electron chi connectivity index (χ4n) is 2.35. The van der Waals surface area contributed by atoms with Crippen LogP contribution in [0.3, 0.4) is 0 Å². The van der Waals surface area contributed by atoms with Crippen molar-refractivity contribution >= 4 is 29.0 Å². The molecule has 6 heteroatoms. The van der Waals surface area contributed by atoms with Crippen LogP contribution in [0.15, 0.2) is 18.6 Å². The van der Waals surface area contributed by atoms with Crippen molar-refractivity contribution in [2.75, 3.05) is 30.0 Å². The molecule has 102 valence electrons. The molecule has 0 aliphatic carbocycles. The van der Waals surface area contributed by atoms with Crippen LogP contribution in [0.2, 0.25) is 0 Å². The topological polar surface area (TPSA) is 54.2 Å². The molecular weight excluding hydrogens is 258 g/mol. The molecule has 2 aromatic rings. The van der Waals surface area contributed by atoms with Crippen molar-refractivity contribution in [2.45, 2.75) is 24.5 Å². The first kappa shape index (κ1) is 12.6. The molecule has 1 aliphatic rings. The number of aromatic nitrogens is 3. The molecule has 2 aromatic heterocycles. The van der Waals surface area contributed by atoms with E-state index in [4.69, 9.17) is 0 Å². The molecule has 0 spiro atoms. The molecule has 3 heterocycles. The fraction of sp³-hybridized carbons (Fsp3) is 0.538. The average Bonchev–Trinajstić information content (AvgIpc) is 2.94. The molecule has 2 N–H and O–H groups in total. The Balaban J connectivity index is 1.77. The normalized spacial score (nSPS) is 19.5. The number of rotatable bonds is 4. The minimum atomic E-state index is 0.698. The highest BCUT2D eigenvalue weighted by atomic mass is 32.2. The minimum Gasteiger partial charge on any atom is -0.372 e. The predicted octanol–water partition coefficient (Wildman–Crippen LogP) is 2.47. The van der Waals surface area contributed by atoms with Gasteiger partial charge in [-0.2, -0.15) is 11.8 Å². The summed E-state index contributed by atoms with van der Waals surface area (Å²) in [7, 11) is 1.88. The molecule has 0 saturated carbocycles. The smallest absolute Gasteiger partial charge is 0.180 e. The van der Waals surface area contributed by atoms with E-state index in [9.17, 15) is 0 Å². The number of nitrogens with zero attached hydrogens (tertiary/aromatic N) is 3. The van der Waals surface area contributed by atoms with Gasteiger partial charge in [0.1, 0.15) is 5.82 Å². The third-order valence-electron chi connectivity index (χ3n) is 3.40. The highest BCUT2D eigenvalue weighted by Gasteiger charge is 2.15. The fourth-order valence-corrected chi connectivity index (χ4v) is 3.59. The maximum atomic E-state index is 4.56. The molecule has 5 nitrogen and oxygen atoms in total. The van der Waals surface area contributed by atoms with Gasteiger partial charge in [-0.25, -0.2) is 9.97 Å². The molecule has 0 radical (unpaired) electrons. The molecule has 19 heavy (non-hydrogen) atoms. The van der Waals surface area contributed by atoms with E-state index in [-0.39, 0.29) is 0 Å². The SMILES string of the molecule is CNc1cn2ccnc2c(NCC2CCCCS2)n1. The van der Waals surface area contributed by atoms with Gasteiger partial charge in [0.05, 0.1) is 6.20 Å². The van der Waals surface area contributed by atoms with Gasteiger partial charge < -0.3 is 15.0 Å². The van der Waals surface area contributed by atoms with Crippen molar-refractivity contribution in [3.05, 3.63) is 18.6 Å². The molecule has 3 rings (SSSR count). The lowest BCUT2D eigenvalue weighted by Crippen LogP contribution is -2.21. The second kappa shape index (κ2) is 5.69. The maximum absolute atomic E-state index is 4.56. The van der Waals surface area contributed by atoms with E-state index in [1.165, 1.54) is 25.0 Å². The minimum absolute atomic E-state index is 0.698. The zero-order chi connectivity index (χ0) is 13.1. The second-order valence-corrected chi connectivity index (χ2v) is 6.16. The molecule has 1 fully saturated rings. The van der Waals surface area contributed by atoms with Crippen LogP contribution in [0.5, 0.6) is 0 Å². The van der Waals surface area contributed by atoms with Gasteiger partial charge in [0.15, 0.2) is 11.5 Å². The van der Waals surface area contributed by atoms with Crippen LogP contribution in [0, 0.1) is 0 Å². The summed E-state index contributed by atoms with van der Waals surface area (Å²) >= 11 is 2.07. The highest BCUT2D eigenvalue weighted by Crippen LogP contribution is 2.25. The van der Waals surface area contributed by atoms with E-state index in [2.05, 4.69) is 32.4 Å². The second-order valence-electron chi connectivity index (χ2n) is 4.75. The van der Waals surface area contributed by atoms with Gasteiger partial charge >= 0.3 is 0 Å². The van der Waals surface area contributed by atoms with Crippen molar-refractivity contribution in [1.82, 2.24) is 14.4 Å². The van der Waals surface area contributed by atoms with Gasteiger partial charge in [-0.3, -0.25) is 0 Å². The first-order valence-corrected chi connectivity index (χ1v) is 7.78. The Morgan fingerprint density at radius 1 is 1.47 bits per heavy atom. The lowest BCUT2D eigenvalue weighted by molar-refractivity contribution is 0.677. The van der Waals surface area contributed by atoms with Crippen LogP contribution >= 0.6 is 11.8 Å². The molecule has 1 unspecified atom stereocenters. The summed E-state index contributed by atoms with van der Waals surface area (Å²) in [6.45, 7) is 0.966. The molecule has 1 aliphatic heterocycles. The van der Waals surface area contributed by atoms with Gasteiger partial charge in [0.25, 0.3) is 0 Å². The summed E-state index contributed by atoms with van der Waals surface area (Å²) in [6.07, 6.45) is 9.70. The van der Waals surface area contributed by atoms with Gasteiger partial charge in [0, 0.05) is 31.2 Å². The first-order valence-electron chi connectivity index (χ1n) is 6.74. The van der Waals surface area contributed by atoms with E-state index in [1.807, 2.05) is 23.8 Å². The molecule has 0 bridgehead atoms. The maximum Gasteiger partial charge on any atom is 0.180 e. The third kappa shape index (κ3) is 2.78. The standard InChI is InChI=1S/C13H19N5S/c1-14-11-9-18-6-5-15-13(18)12(17-11)16-8-10-4-2-3-7-19-10/h5-6,9-10,14H,2-4,7-8H2,1H3,(H,16,17). The largest absolute Gasteiger partial charge is 0.372 e. The first-order chi connectivity index (χ1) is 9.36. The van der Waals surface area contributed by atoms with Gasteiger partial charge in [-0.05, 0) is 18.6 Å². The zero-order valence-corrected chi connectivity index (χ0v) is 11.9. The Hall–Kier alpha value is -1.43. The molecule has 1 atom stereocenters. The Morgan fingerprint density at radius 2 is 2.42 bits per heavy atom. The summed E-state index contributed by atoms with van der Waals surface area (Å²) in [5, 5.41) is 7.24. The van der Waals surface area contributed by atoms with Crippen molar-refractivity contribution in [1.29, 1.82) is 0 Å². The molecule has 1 saturated heterocycles. The lowest BCUT2D eigenvalue weighted by atomic mass is 10.2. The highest BCUT2D eigenvalue weighted by molar-refractivity contribution is 7.99. The number of thioether (sulfide) groups is 1. The van der Waals surface area contributed by atoms with Gasteiger partial charge in [0.2, 0.25) is 0 Å². The number of anilines is 2. The van der Waals surface area contributed by atoms with Crippen LogP contribution < -0.4 is 10.6 Å².